The lowest BCUT2D eigenvalue weighted by atomic mass is 10.5. The quantitative estimate of drug-likeness (QED) is 0.673. The van der Waals surface area contributed by atoms with Crippen LogP contribution in [-0.2, 0) is 23.1 Å². The Kier molecular flexibility index (Phi) is 4.62. The molecule has 2 heterocycles. The van der Waals surface area contributed by atoms with Crippen LogP contribution in [0.3, 0.4) is 0 Å². The topological polar surface area (TPSA) is 113 Å². The molecule has 0 radical (unpaired) electrons. The zero-order valence-corrected chi connectivity index (χ0v) is 13.1. The van der Waals surface area contributed by atoms with E-state index in [1.165, 1.54) is 11.3 Å². The number of tetrazole rings is 1. The van der Waals surface area contributed by atoms with Gasteiger partial charge in [0, 0.05) is 11.4 Å². The van der Waals surface area contributed by atoms with Gasteiger partial charge in [-0.2, -0.15) is 5.21 Å². The first-order valence-electron chi connectivity index (χ1n) is 5.17. The van der Waals surface area contributed by atoms with E-state index in [1.807, 2.05) is 0 Å². The van der Waals surface area contributed by atoms with Crippen LogP contribution in [0.4, 0.5) is 0 Å². The van der Waals surface area contributed by atoms with Crippen molar-refractivity contribution >= 4 is 37.3 Å². The van der Waals surface area contributed by atoms with E-state index in [9.17, 15) is 8.42 Å². The number of aromatic nitrogens is 4. The average molecular weight is 367 g/mol. The summed E-state index contributed by atoms with van der Waals surface area (Å²) in [6, 6.07) is 1.63. The fraction of sp³-hybridized carbons (Fsp3) is 0.375. The first kappa shape index (κ1) is 14.5. The van der Waals surface area contributed by atoms with Crippen molar-refractivity contribution in [3.05, 3.63) is 20.6 Å². The Morgan fingerprint density at radius 1 is 1.47 bits per heavy atom. The maximum atomic E-state index is 12.1. The van der Waals surface area contributed by atoms with Gasteiger partial charge in [0.25, 0.3) is 0 Å². The maximum absolute atomic E-state index is 12.1. The molecule has 2 aromatic rings. The minimum Gasteiger partial charge on any atom is -0.315 e. The van der Waals surface area contributed by atoms with Gasteiger partial charge in [0.15, 0.2) is 5.82 Å². The molecule has 2 aromatic heterocycles. The monoisotopic (exact) mass is 366 g/mol. The molecule has 0 fully saturated rings. The van der Waals surface area contributed by atoms with Crippen molar-refractivity contribution in [1.82, 2.24) is 30.7 Å². The van der Waals surface area contributed by atoms with Crippen molar-refractivity contribution in [3.63, 3.8) is 0 Å². The molecule has 0 aliphatic heterocycles. The highest BCUT2D eigenvalue weighted by atomic mass is 79.9. The summed E-state index contributed by atoms with van der Waals surface area (Å²) >= 11 is 4.64. The summed E-state index contributed by atoms with van der Waals surface area (Å²) in [6.07, 6.45) is 0. The number of sulfonamides is 1. The van der Waals surface area contributed by atoms with Gasteiger partial charge in [0.05, 0.1) is 10.3 Å². The number of thiophene rings is 1. The second-order valence-electron chi connectivity index (χ2n) is 3.53. The first-order valence-corrected chi connectivity index (χ1v) is 8.27. The minimum atomic E-state index is -3.60. The van der Waals surface area contributed by atoms with Crippen LogP contribution in [0, 0.1) is 0 Å². The summed E-state index contributed by atoms with van der Waals surface area (Å²) in [5, 5.41) is 15.9. The van der Waals surface area contributed by atoms with Gasteiger partial charge >= 0.3 is 0 Å². The molecular formula is C8H11BrN6O2S2. The molecule has 0 spiro atoms. The van der Waals surface area contributed by atoms with Gasteiger partial charge in [-0.05, 0) is 29.0 Å². The number of nitrogens with one attached hydrogen (secondary N) is 3. The van der Waals surface area contributed by atoms with Crippen molar-refractivity contribution in [1.29, 1.82) is 0 Å². The van der Waals surface area contributed by atoms with E-state index in [2.05, 4.69) is 46.6 Å². The van der Waals surface area contributed by atoms with E-state index in [1.54, 1.807) is 13.1 Å². The number of nitrogens with zero attached hydrogens (tertiary/aromatic N) is 3. The van der Waals surface area contributed by atoms with Crippen LogP contribution < -0.4 is 10.0 Å². The van der Waals surface area contributed by atoms with Gasteiger partial charge in [0.2, 0.25) is 10.0 Å². The Bertz CT molecular complexity index is 638. The molecule has 0 bridgehead atoms. The van der Waals surface area contributed by atoms with Gasteiger partial charge in [0.1, 0.15) is 4.90 Å². The predicted octanol–water partition coefficient (Wildman–Crippen LogP) is 0.222. The zero-order valence-electron chi connectivity index (χ0n) is 9.84. The SMILES string of the molecule is CNCc1cc(S(=O)(=O)NCc2nn[nH]n2)c(Br)s1. The Morgan fingerprint density at radius 3 is 2.89 bits per heavy atom. The predicted molar refractivity (Wildman–Crippen MR) is 73.0 cm³/mol. The molecular weight excluding hydrogens is 356 g/mol. The van der Waals surface area contributed by atoms with Crippen molar-refractivity contribution in [2.45, 2.75) is 18.0 Å². The standard InChI is InChI=1S/C8H11BrN6O2S2/c1-10-3-5-2-6(8(9)18-5)19(16,17)11-4-7-12-14-15-13-7/h2,10-11H,3-4H2,1H3,(H,12,13,14,15). The second kappa shape index (κ2) is 6.05. The summed E-state index contributed by atoms with van der Waals surface area (Å²) < 4.78 is 27.2. The highest BCUT2D eigenvalue weighted by Crippen LogP contribution is 2.31. The number of hydrogen-bond donors (Lipinski definition) is 3. The van der Waals surface area contributed by atoms with E-state index >= 15 is 0 Å². The summed E-state index contributed by atoms with van der Waals surface area (Å²) in [5.41, 5.74) is 0. The van der Waals surface area contributed by atoms with Crippen LogP contribution in [0.25, 0.3) is 0 Å². The Balaban J connectivity index is 2.14. The van der Waals surface area contributed by atoms with E-state index < -0.39 is 10.0 Å². The third-order valence-electron chi connectivity index (χ3n) is 2.16. The lowest BCUT2D eigenvalue weighted by Crippen LogP contribution is -2.23. The molecule has 0 atom stereocenters. The van der Waals surface area contributed by atoms with Crippen molar-refractivity contribution < 1.29 is 8.42 Å². The summed E-state index contributed by atoms with van der Waals surface area (Å²) in [7, 11) is -1.80. The molecule has 104 valence electrons. The number of H-pyrrole nitrogens is 1. The second-order valence-corrected chi connectivity index (χ2v) is 7.72. The van der Waals surface area contributed by atoms with Gasteiger partial charge in [-0.15, -0.1) is 21.5 Å². The van der Waals surface area contributed by atoms with Crippen LogP contribution >= 0.6 is 27.3 Å². The largest absolute Gasteiger partial charge is 0.315 e. The average Bonchev–Trinajstić information content (AvgIpc) is 2.97. The van der Waals surface area contributed by atoms with Crippen LogP contribution in [0.1, 0.15) is 10.7 Å². The highest BCUT2D eigenvalue weighted by molar-refractivity contribution is 9.11. The smallest absolute Gasteiger partial charge is 0.242 e. The molecule has 0 aromatic carbocycles. The molecule has 0 amide bonds. The molecule has 3 N–H and O–H groups in total. The Hall–Kier alpha value is -0.880. The van der Waals surface area contributed by atoms with Crippen LogP contribution in [0.5, 0.6) is 0 Å². The summed E-state index contributed by atoms with van der Waals surface area (Å²) in [5.74, 6) is 0.283. The molecule has 2 rings (SSSR count). The number of halogens is 1. The lowest BCUT2D eigenvalue weighted by Gasteiger charge is -2.02. The van der Waals surface area contributed by atoms with Gasteiger partial charge in [-0.3, -0.25) is 0 Å². The number of rotatable bonds is 6. The van der Waals surface area contributed by atoms with Gasteiger partial charge < -0.3 is 5.32 Å². The Labute approximate surface area is 122 Å². The van der Waals surface area contributed by atoms with Crippen molar-refractivity contribution in [3.8, 4) is 0 Å². The van der Waals surface area contributed by atoms with E-state index in [0.717, 1.165) is 4.88 Å². The third kappa shape index (κ3) is 3.57. The summed E-state index contributed by atoms with van der Waals surface area (Å²) in [4.78, 5) is 1.14. The number of hydrogen-bond acceptors (Lipinski definition) is 7. The van der Waals surface area contributed by atoms with Crippen LogP contribution in [0.15, 0.2) is 14.7 Å². The number of aromatic amines is 1. The van der Waals surface area contributed by atoms with E-state index in [4.69, 9.17) is 0 Å². The molecule has 8 nitrogen and oxygen atoms in total. The fourth-order valence-electron chi connectivity index (χ4n) is 1.34. The fourth-order valence-corrected chi connectivity index (χ4v) is 5.01. The summed E-state index contributed by atoms with van der Waals surface area (Å²) in [6.45, 7) is 0.603. The van der Waals surface area contributed by atoms with Crippen molar-refractivity contribution in [2.75, 3.05) is 7.05 Å². The Morgan fingerprint density at radius 2 is 2.26 bits per heavy atom. The lowest BCUT2D eigenvalue weighted by molar-refractivity contribution is 0.579. The third-order valence-corrected chi connectivity index (χ3v) is 5.81. The molecule has 0 saturated carbocycles. The molecule has 19 heavy (non-hydrogen) atoms. The molecule has 0 aliphatic carbocycles. The molecule has 0 unspecified atom stereocenters. The van der Waals surface area contributed by atoms with E-state index in [0.29, 0.717) is 10.3 Å². The van der Waals surface area contributed by atoms with Gasteiger partial charge in [-0.1, -0.05) is 5.21 Å². The maximum Gasteiger partial charge on any atom is 0.242 e. The molecule has 0 aliphatic rings. The first-order chi connectivity index (χ1) is 9.03. The minimum absolute atomic E-state index is 0.0114. The van der Waals surface area contributed by atoms with Gasteiger partial charge in [-0.25, -0.2) is 13.1 Å². The molecule has 0 saturated heterocycles. The van der Waals surface area contributed by atoms with Crippen LogP contribution in [-0.4, -0.2) is 36.1 Å². The van der Waals surface area contributed by atoms with Crippen molar-refractivity contribution in [2.24, 2.45) is 0 Å². The van der Waals surface area contributed by atoms with Crippen LogP contribution in [0.2, 0.25) is 0 Å². The molecule has 11 heteroatoms. The zero-order chi connectivity index (χ0) is 13.9. The normalized spacial score (nSPS) is 11.9. The van der Waals surface area contributed by atoms with E-state index in [-0.39, 0.29) is 17.3 Å². The highest BCUT2D eigenvalue weighted by Gasteiger charge is 2.21.